The third-order valence-electron chi connectivity index (χ3n) is 1.30. The number of carboxylic acid groups (broad SMARTS) is 1. The number of rotatable bonds is 2. The minimum atomic E-state index is -1.90. The van der Waals surface area contributed by atoms with Crippen molar-refractivity contribution in [2.45, 2.75) is 10.2 Å². The van der Waals surface area contributed by atoms with Crippen molar-refractivity contribution < 1.29 is 9.90 Å². The number of carboxylic acids is 1. The van der Waals surface area contributed by atoms with Gasteiger partial charge in [0.15, 0.2) is 0 Å². The second-order valence-corrected chi connectivity index (χ2v) is 15.6. The minimum Gasteiger partial charge on any atom is -0.478 e. The van der Waals surface area contributed by atoms with Gasteiger partial charge in [0.2, 0.25) is 3.79 Å². The molecule has 0 aliphatic heterocycles. The lowest BCUT2D eigenvalue weighted by Crippen LogP contribution is -2.22. The molecule has 0 amide bonds. The summed E-state index contributed by atoms with van der Waals surface area (Å²) in [5.41, 5.74) is 0.326. The van der Waals surface area contributed by atoms with Crippen LogP contribution in [0.4, 0.5) is 0 Å². The van der Waals surface area contributed by atoms with Crippen molar-refractivity contribution in [2.24, 2.45) is 0 Å². The van der Waals surface area contributed by atoms with Gasteiger partial charge in [-0.05, 0) is 12.5 Å². The van der Waals surface area contributed by atoms with Gasteiger partial charge in [0.25, 0.3) is 0 Å². The third kappa shape index (κ3) is 5.07. The molecule has 0 rings (SSSR count). The first-order valence-electron chi connectivity index (χ1n) is 3.06. The van der Waals surface area contributed by atoms with E-state index in [4.69, 9.17) is 39.9 Å². The fraction of sp³-hybridized carbons (Fsp3) is 0.500. The second-order valence-electron chi connectivity index (χ2n) is 2.30. The van der Waals surface area contributed by atoms with Crippen LogP contribution in [-0.4, -0.2) is 14.3 Å². The van der Waals surface area contributed by atoms with Crippen molar-refractivity contribution in [2.75, 3.05) is 0 Å². The molecule has 0 aromatic rings. The highest BCUT2D eigenvalue weighted by Gasteiger charge is 2.38. The van der Waals surface area contributed by atoms with E-state index in [0.29, 0.717) is 5.57 Å². The maximum atomic E-state index is 10.9. The number of aliphatic carboxylic acids is 1. The van der Waals surface area contributed by atoms with Crippen molar-refractivity contribution in [1.29, 1.82) is 0 Å². The normalized spacial score (nSPS) is 15.1. The van der Waals surface area contributed by atoms with Crippen LogP contribution in [0.3, 0.4) is 0 Å². The summed E-state index contributed by atoms with van der Waals surface area (Å²) >= 11 is 22.9. The Hall–Kier alpha value is 2.27. The Labute approximate surface area is 138 Å². The number of carbonyl (C=O) groups is 1. The van der Waals surface area contributed by atoms with Gasteiger partial charge in [-0.25, -0.2) is 4.79 Å². The van der Waals surface area contributed by atoms with Crippen LogP contribution < -0.4 is 0 Å². The predicted molar refractivity (Wildman–Crippen MR) is 85.4 cm³/mol. The first kappa shape index (κ1) is 16.3. The van der Waals surface area contributed by atoms with Crippen molar-refractivity contribution in [1.82, 2.24) is 0 Å². The molecular formula is C6H4Cl3I3O2. The van der Waals surface area contributed by atoms with Gasteiger partial charge < -0.3 is 5.11 Å². The lowest BCUT2D eigenvalue weighted by atomic mass is 10.2. The molecule has 0 spiro atoms. The van der Waals surface area contributed by atoms with Crippen LogP contribution in [0, 0.1) is 0 Å². The second kappa shape index (κ2) is 5.74. The van der Waals surface area contributed by atoms with E-state index in [2.05, 4.69) is 67.8 Å². The highest BCUT2D eigenvalue weighted by molar-refractivity contribution is 14.3. The Morgan fingerprint density at radius 3 is 1.64 bits per heavy atom. The summed E-state index contributed by atoms with van der Waals surface area (Å²) in [7, 11) is 0. The molecular weight excluding hydrogens is 591 g/mol. The van der Waals surface area contributed by atoms with E-state index < -0.39 is 9.20 Å². The molecule has 0 fully saturated rings. The van der Waals surface area contributed by atoms with Crippen LogP contribution in [0.2, 0.25) is 0 Å². The summed E-state index contributed by atoms with van der Waals surface area (Å²) in [6.45, 7) is 1.64. The Morgan fingerprint density at radius 2 is 1.57 bits per heavy atom. The summed E-state index contributed by atoms with van der Waals surface area (Å²) in [5.74, 6) is -1.21. The molecule has 82 valence electrons. The van der Waals surface area contributed by atoms with E-state index >= 15 is 0 Å². The largest absolute Gasteiger partial charge is 0.478 e. The van der Waals surface area contributed by atoms with E-state index in [1.807, 2.05) is 0 Å². The van der Waals surface area contributed by atoms with Gasteiger partial charge in [-0.1, -0.05) is 103 Å². The summed E-state index contributed by atoms with van der Waals surface area (Å²) in [6, 6.07) is 0. The summed E-state index contributed by atoms with van der Waals surface area (Å²) in [4.78, 5) is 10.9. The van der Waals surface area contributed by atoms with Crippen LogP contribution >= 0.6 is 103 Å². The number of alkyl halides is 6. The van der Waals surface area contributed by atoms with Gasteiger partial charge in [0, 0.05) is 0 Å². The van der Waals surface area contributed by atoms with Crippen LogP contribution in [0.5, 0.6) is 0 Å². The molecule has 0 aliphatic carbocycles. The van der Waals surface area contributed by atoms with Crippen LogP contribution in [0.1, 0.15) is 6.92 Å². The highest BCUT2D eigenvalue weighted by atomic mass is 127. The van der Waals surface area contributed by atoms with E-state index in [1.165, 1.54) is 0 Å². The molecule has 1 N–H and O–H groups in total. The van der Waals surface area contributed by atoms with Gasteiger partial charge in [0.05, 0.1) is 5.57 Å². The smallest absolute Gasteiger partial charge is 0.335 e. The zero-order chi connectivity index (χ0) is 11.7. The molecule has 0 unspecified atom stereocenters. The Bertz CT molecular complexity index is 277. The fourth-order valence-electron chi connectivity index (χ4n) is 0.636. The molecule has 0 bridgehead atoms. The van der Waals surface area contributed by atoms with E-state index in [1.54, 1.807) is 6.92 Å². The molecule has 0 saturated heterocycles. The SMILES string of the molecule is CC(=C(C(=O)O)C(Cl)(Cl)Cl)C(I)(I)I. The Balaban J connectivity index is 5.53. The van der Waals surface area contributed by atoms with Gasteiger partial charge in [-0.15, -0.1) is 0 Å². The average Bonchev–Trinajstić information content (AvgIpc) is 1.79. The number of hydrogen-bond donors (Lipinski definition) is 1. The minimum absolute atomic E-state index is 0.194. The first-order chi connectivity index (χ1) is 5.98. The molecule has 14 heavy (non-hydrogen) atoms. The van der Waals surface area contributed by atoms with E-state index in [0.717, 1.165) is 0 Å². The molecule has 8 heteroatoms. The summed E-state index contributed by atoms with van der Waals surface area (Å²) in [6.07, 6.45) is 0. The van der Waals surface area contributed by atoms with Crippen LogP contribution in [0.15, 0.2) is 11.1 Å². The summed E-state index contributed by atoms with van der Waals surface area (Å²) < 4.78 is -2.33. The van der Waals surface area contributed by atoms with Crippen LogP contribution in [-0.2, 0) is 4.79 Å². The molecule has 0 aromatic carbocycles. The Kier molecular flexibility index (Phi) is 6.67. The Morgan fingerprint density at radius 1 is 1.21 bits per heavy atom. The van der Waals surface area contributed by atoms with Crippen LogP contribution in [0.25, 0.3) is 0 Å². The standard InChI is InChI=1S/C6H4Cl3I3O2/c1-2(6(10,11)12)3(4(13)14)5(7,8)9/h1H3,(H,13,14). The zero-order valence-electron chi connectivity index (χ0n) is 6.62. The van der Waals surface area contributed by atoms with Gasteiger partial charge >= 0.3 is 5.97 Å². The number of allylic oxidation sites excluding steroid dienone is 1. The molecule has 0 aromatic heterocycles. The maximum Gasteiger partial charge on any atom is 0.335 e. The van der Waals surface area contributed by atoms with Crippen molar-refractivity contribution in [3.8, 4) is 0 Å². The third-order valence-corrected chi connectivity index (χ3v) is 4.29. The molecule has 0 heterocycles. The van der Waals surface area contributed by atoms with E-state index in [9.17, 15) is 4.79 Å². The molecule has 0 saturated carbocycles. The molecule has 2 nitrogen and oxygen atoms in total. The molecule has 0 aliphatic rings. The lowest BCUT2D eigenvalue weighted by Gasteiger charge is -2.21. The molecule has 0 radical (unpaired) electrons. The predicted octanol–water partition coefficient (Wildman–Crippen LogP) is 4.72. The average molecular weight is 595 g/mol. The molecule has 0 atom stereocenters. The first-order valence-corrected chi connectivity index (χ1v) is 7.43. The van der Waals surface area contributed by atoms with Gasteiger partial charge in [-0.3, -0.25) is 0 Å². The van der Waals surface area contributed by atoms with Gasteiger partial charge in [0.1, 0.15) is -0.565 Å². The highest BCUT2D eigenvalue weighted by Crippen LogP contribution is 2.48. The maximum absolute atomic E-state index is 10.9. The summed E-state index contributed by atoms with van der Waals surface area (Å²) in [5, 5.41) is 8.92. The monoisotopic (exact) mass is 594 g/mol. The quantitative estimate of drug-likeness (QED) is 0.286. The van der Waals surface area contributed by atoms with Crippen molar-refractivity contribution in [3.63, 3.8) is 0 Å². The lowest BCUT2D eigenvalue weighted by molar-refractivity contribution is -0.132. The zero-order valence-corrected chi connectivity index (χ0v) is 15.4. The topological polar surface area (TPSA) is 37.3 Å². The van der Waals surface area contributed by atoms with E-state index in [-0.39, 0.29) is 5.57 Å². The number of hydrogen-bond acceptors (Lipinski definition) is 1. The van der Waals surface area contributed by atoms with Crippen molar-refractivity contribution >= 4 is 109 Å². The number of halogens is 6. The fourth-order valence-corrected chi connectivity index (χ4v) is 2.11. The van der Waals surface area contributed by atoms with Gasteiger partial charge in [-0.2, -0.15) is 0 Å². The van der Waals surface area contributed by atoms with Crippen molar-refractivity contribution in [3.05, 3.63) is 11.1 Å².